The van der Waals surface area contributed by atoms with Gasteiger partial charge in [0.2, 0.25) is 5.95 Å². The fourth-order valence-corrected chi connectivity index (χ4v) is 4.32. The molecule has 0 radical (unpaired) electrons. The van der Waals surface area contributed by atoms with Crippen molar-refractivity contribution in [3.05, 3.63) is 35.7 Å². The first-order chi connectivity index (χ1) is 14.7. The number of nitrogens with one attached hydrogen (secondary N) is 1. The van der Waals surface area contributed by atoms with Gasteiger partial charge in [0.15, 0.2) is 5.65 Å². The van der Waals surface area contributed by atoms with E-state index in [4.69, 9.17) is 14.5 Å². The van der Waals surface area contributed by atoms with Crippen molar-refractivity contribution in [3.63, 3.8) is 0 Å². The summed E-state index contributed by atoms with van der Waals surface area (Å²) in [6, 6.07) is 4.29. The van der Waals surface area contributed by atoms with Gasteiger partial charge in [-0.15, -0.1) is 0 Å². The lowest BCUT2D eigenvalue weighted by molar-refractivity contribution is 0.00464. The van der Waals surface area contributed by atoms with Gasteiger partial charge in [-0.3, -0.25) is 0 Å². The first kappa shape index (κ1) is 19.3. The number of nitrogens with zero attached hydrogens (tertiary/aromatic N) is 5. The number of hydrogen-bond acceptors (Lipinski definition) is 7. The van der Waals surface area contributed by atoms with Crippen LogP contribution in [-0.2, 0) is 24.2 Å². The van der Waals surface area contributed by atoms with Gasteiger partial charge in [-0.1, -0.05) is 0 Å². The normalized spacial score (nSPS) is 19.6. The third kappa shape index (κ3) is 3.85. The zero-order valence-corrected chi connectivity index (χ0v) is 17.6. The van der Waals surface area contributed by atoms with E-state index >= 15 is 0 Å². The smallest absolute Gasteiger partial charge is 0.229 e. The summed E-state index contributed by atoms with van der Waals surface area (Å²) in [4.78, 5) is 11.6. The van der Waals surface area contributed by atoms with Gasteiger partial charge < -0.3 is 19.7 Å². The molecule has 4 heterocycles. The van der Waals surface area contributed by atoms with Gasteiger partial charge in [-0.2, -0.15) is 10.1 Å². The maximum atomic E-state index is 5.88. The lowest BCUT2D eigenvalue weighted by Crippen LogP contribution is -2.26. The van der Waals surface area contributed by atoms with E-state index in [1.165, 1.54) is 17.5 Å². The third-order valence-electron chi connectivity index (χ3n) is 6.00. The Morgan fingerprint density at radius 1 is 1.23 bits per heavy atom. The van der Waals surface area contributed by atoms with Crippen LogP contribution in [0.15, 0.2) is 24.5 Å². The van der Waals surface area contributed by atoms with E-state index < -0.39 is 0 Å². The van der Waals surface area contributed by atoms with Gasteiger partial charge in [-0.25, -0.2) is 9.67 Å². The highest BCUT2D eigenvalue weighted by Crippen LogP contribution is 2.33. The third-order valence-corrected chi connectivity index (χ3v) is 6.00. The van der Waals surface area contributed by atoms with E-state index in [0.29, 0.717) is 12.5 Å². The fourth-order valence-electron chi connectivity index (χ4n) is 4.32. The molecule has 2 aliphatic heterocycles. The second kappa shape index (κ2) is 8.20. The van der Waals surface area contributed by atoms with Crippen LogP contribution in [-0.4, -0.2) is 58.1 Å². The number of benzene rings is 1. The molecule has 2 aliphatic rings. The molecule has 30 heavy (non-hydrogen) atoms. The van der Waals surface area contributed by atoms with E-state index in [9.17, 15) is 0 Å². The standard InChI is InChI=1S/C22H28N6O2/c1-27-7-6-15-10-20(29-2)19(9-16(15)13-27)25-22-23-11-17-12-24-28(21(17)26-22)14-18-5-3-4-8-30-18/h9-12,18H,3-8,13-14H2,1-2H3,(H,23,25,26)/t18-/m0/s1. The quantitative estimate of drug-likeness (QED) is 0.695. The number of fused-ring (bicyclic) bond motifs is 2. The molecule has 1 atom stereocenters. The molecule has 8 heteroatoms. The first-order valence-corrected chi connectivity index (χ1v) is 10.6. The molecule has 0 saturated carbocycles. The highest BCUT2D eigenvalue weighted by atomic mass is 16.5. The largest absolute Gasteiger partial charge is 0.495 e. The van der Waals surface area contributed by atoms with Crippen molar-refractivity contribution < 1.29 is 9.47 Å². The van der Waals surface area contributed by atoms with Gasteiger partial charge in [0.25, 0.3) is 0 Å². The van der Waals surface area contributed by atoms with Crippen molar-refractivity contribution >= 4 is 22.7 Å². The van der Waals surface area contributed by atoms with Crippen LogP contribution in [0.5, 0.6) is 5.75 Å². The van der Waals surface area contributed by atoms with Crippen LogP contribution in [0.2, 0.25) is 0 Å². The summed E-state index contributed by atoms with van der Waals surface area (Å²) in [6.45, 7) is 3.55. The molecule has 1 saturated heterocycles. The number of rotatable bonds is 5. The molecule has 3 aromatic rings. The van der Waals surface area contributed by atoms with Crippen LogP contribution in [0.4, 0.5) is 11.6 Å². The second-order valence-electron chi connectivity index (χ2n) is 8.22. The van der Waals surface area contributed by atoms with Crippen LogP contribution in [0, 0.1) is 0 Å². The summed E-state index contributed by atoms with van der Waals surface area (Å²) in [5.41, 5.74) is 4.36. The maximum absolute atomic E-state index is 5.88. The predicted molar refractivity (Wildman–Crippen MR) is 115 cm³/mol. The van der Waals surface area contributed by atoms with Gasteiger partial charge in [0, 0.05) is 25.9 Å². The van der Waals surface area contributed by atoms with Crippen molar-refractivity contribution in [1.29, 1.82) is 0 Å². The van der Waals surface area contributed by atoms with Crippen LogP contribution in [0.25, 0.3) is 11.0 Å². The van der Waals surface area contributed by atoms with Crippen LogP contribution in [0.3, 0.4) is 0 Å². The zero-order chi connectivity index (χ0) is 20.5. The Bertz CT molecular complexity index is 1040. The zero-order valence-electron chi connectivity index (χ0n) is 17.6. The van der Waals surface area contributed by atoms with Crippen molar-refractivity contribution in [1.82, 2.24) is 24.6 Å². The number of anilines is 2. The average molecular weight is 409 g/mol. The highest BCUT2D eigenvalue weighted by Gasteiger charge is 2.19. The summed E-state index contributed by atoms with van der Waals surface area (Å²) in [5.74, 6) is 1.35. The molecular weight excluding hydrogens is 380 g/mol. The Labute approximate surface area is 176 Å². The first-order valence-electron chi connectivity index (χ1n) is 10.6. The van der Waals surface area contributed by atoms with Gasteiger partial charge in [0.1, 0.15) is 5.75 Å². The Hall–Kier alpha value is -2.71. The number of likely N-dealkylation sites (N-methyl/N-ethyl adjacent to an activating group) is 1. The Kier molecular flexibility index (Phi) is 5.26. The van der Waals surface area contributed by atoms with E-state index in [-0.39, 0.29) is 6.10 Å². The number of hydrogen-bond donors (Lipinski definition) is 1. The number of methoxy groups -OCH3 is 1. The molecular formula is C22H28N6O2. The minimum Gasteiger partial charge on any atom is -0.495 e. The summed E-state index contributed by atoms with van der Waals surface area (Å²) in [5, 5.41) is 8.80. The van der Waals surface area contributed by atoms with Crippen LogP contribution in [0.1, 0.15) is 30.4 Å². The van der Waals surface area contributed by atoms with Gasteiger partial charge >= 0.3 is 0 Å². The SMILES string of the molecule is COc1cc2c(cc1Nc1ncc3cnn(C[C@@H]4CCCCO4)c3n1)CN(C)CC2. The van der Waals surface area contributed by atoms with Crippen molar-refractivity contribution in [3.8, 4) is 5.75 Å². The summed E-state index contributed by atoms with van der Waals surface area (Å²) >= 11 is 0. The lowest BCUT2D eigenvalue weighted by atomic mass is 9.99. The fraction of sp³-hybridized carbons (Fsp3) is 0.500. The summed E-state index contributed by atoms with van der Waals surface area (Å²) in [7, 11) is 3.85. The number of aromatic nitrogens is 4. The van der Waals surface area contributed by atoms with E-state index in [1.807, 2.05) is 17.1 Å². The lowest BCUT2D eigenvalue weighted by Gasteiger charge is -2.26. The predicted octanol–water partition coefficient (Wildman–Crippen LogP) is 3.14. The molecule has 0 amide bonds. The molecule has 0 unspecified atom stereocenters. The molecule has 8 nitrogen and oxygen atoms in total. The van der Waals surface area contributed by atoms with E-state index in [1.54, 1.807) is 7.11 Å². The molecule has 1 aromatic carbocycles. The Balaban J connectivity index is 1.42. The monoisotopic (exact) mass is 408 g/mol. The van der Waals surface area contributed by atoms with Gasteiger partial charge in [-0.05, 0) is 56.0 Å². The second-order valence-corrected chi connectivity index (χ2v) is 8.22. The molecule has 0 aliphatic carbocycles. The molecule has 158 valence electrons. The minimum atomic E-state index is 0.200. The molecule has 1 fully saturated rings. The van der Waals surface area contributed by atoms with Crippen molar-refractivity contribution in [2.75, 3.05) is 32.6 Å². The van der Waals surface area contributed by atoms with Crippen LogP contribution >= 0.6 is 0 Å². The molecule has 2 aromatic heterocycles. The molecule has 0 bridgehead atoms. The summed E-state index contributed by atoms with van der Waals surface area (Å²) in [6.07, 6.45) is 8.28. The molecule has 0 spiro atoms. The highest BCUT2D eigenvalue weighted by molar-refractivity contribution is 5.76. The Morgan fingerprint density at radius 3 is 3.00 bits per heavy atom. The maximum Gasteiger partial charge on any atom is 0.229 e. The average Bonchev–Trinajstić information content (AvgIpc) is 3.16. The van der Waals surface area contributed by atoms with E-state index in [2.05, 4.69) is 39.5 Å². The molecule has 1 N–H and O–H groups in total. The summed E-state index contributed by atoms with van der Waals surface area (Å²) < 4.78 is 13.4. The van der Waals surface area contributed by atoms with Crippen molar-refractivity contribution in [2.24, 2.45) is 0 Å². The number of ether oxygens (including phenoxy) is 2. The minimum absolute atomic E-state index is 0.200. The Morgan fingerprint density at radius 2 is 2.17 bits per heavy atom. The van der Waals surface area contributed by atoms with E-state index in [0.717, 1.165) is 61.4 Å². The van der Waals surface area contributed by atoms with Crippen molar-refractivity contribution in [2.45, 2.75) is 44.9 Å². The van der Waals surface area contributed by atoms with Crippen LogP contribution < -0.4 is 10.1 Å². The topological polar surface area (TPSA) is 77.3 Å². The van der Waals surface area contributed by atoms with Gasteiger partial charge in [0.05, 0.1) is 37.0 Å². The molecule has 5 rings (SSSR count).